The lowest BCUT2D eigenvalue weighted by atomic mass is 10.1. The van der Waals surface area contributed by atoms with Gasteiger partial charge in [0.1, 0.15) is 18.1 Å². The number of carbonyl (C=O) groups excluding carboxylic acids is 2. The fourth-order valence-electron chi connectivity index (χ4n) is 2.32. The minimum absolute atomic E-state index is 0.180. The molecule has 0 saturated carbocycles. The molecule has 0 spiro atoms. The number of amides is 2. The Kier molecular flexibility index (Phi) is 9.55. The van der Waals surface area contributed by atoms with Crippen molar-refractivity contribution in [1.82, 2.24) is 10.6 Å². The minimum Gasteiger partial charge on any atom is -0.497 e. The van der Waals surface area contributed by atoms with Gasteiger partial charge in [0.25, 0.3) is 12.4 Å². The molecular weight excluding hydrogens is 342 g/mol. The molecule has 0 fully saturated rings. The first-order valence-electron chi connectivity index (χ1n) is 8.23. The van der Waals surface area contributed by atoms with Crippen LogP contribution in [-0.4, -0.2) is 56.2 Å². The number of rotatable bonds is 1. The summed E-state index contributed by atoms with van der Waals surface area (Å²) in [5.41, 5.74) is 6.26. The molecule has 0 aromatic heterocycles. The molecule has 2 amide bonds. The molecular formula is C17H25N3O6. The van der Waals surface area contributed by atoms with Crippen LogP contribution < -0.4 is 25.8 Å². The molecule has 1 heterocycles. The lowest BCUT2D eigenvalue weighted by Gasteiger charge is -2.16. The van der Waals surface area contributed by atoms with Gasteiger partial charge < -0.3 is 30.9 Å². The van der Waals surface area contributed by atoms with Gasteiger partial charge in [0, 0.05) is 12.6 Å². The summed E-state index contributed by atoms with van der Waals surface area (Å²) in [5.74, 6) is 0.662. The Morgan fingerprint density at radius 3 is 2.69 bits per heavy atom. The highest BCUT2D eigenvalue weighted by molar-refractivity contribution is 5.97. The summed E-state index contributed by atoms with van der Waals surface area (Å²) >= 11 is 0. The molecule has 26 heavy (non-hydrogen) atoms. The van der Waals surface area contributed by atoms with Gasteiger partial charge in [-0.15, -0.1) is 0 Å². The molecule has 1 aliphatic heterocycles. The summed E-state index contributed by atoms with van der Waals surface area (Å²) in [5, 5.41) is 12.5. The third-order valence-electron chi connectivity index (χ3n) is 3.66. The smallest absolute Gasteiger partial charge is 0.290 e. The van der Waals surface area contributed by atoms with Crippen LogP contribution in [0.15, 0.2) is 18.2 Å². The summed E-state index contributed by atoms with van der Waals surface area (Å²) in [6.45, 7) is 0.843. The summed E-state index contributed by atoms with van der Waals surface area (Å²) in [7, 11) is 1.55. The monoisotopic (exact) mass is 367 g/mol. The van der Waals surface area contributed by atoms with E-state index in [0.717, 1.165) is 12.8 Å². The molecule has 0 bridgehead atoms. The second-order valence-electron chi connectivity index (χ2n) is 5.47. The number of hydrogen-bond acceptors (Lipinski definition) is 6. The van der Waals surface area contributed by atoms with Gasteiger partial charge in [0.2, 0.25) is 5.91 Å². The maximum atomic E-state index is 12.3. The van der Waals surface area contributed by atoms with Crippen LogP contribution >= 0.6 is 0 Å². The van der Waals surface area contributed by atoms with Crippen molar-refractivity contribution in [1.29, 1.82) is 0 Å². The largest absolute Gasteiger partial charge is 0.497 e. The van der Waals surface area contributed by atoms with E-state index in [1.54, 1.807) is 25.3 Å². The Morgan fingerprint density at radius 2 is 2.00 bits per heavy atom. The van der Waals surface area contributed by atoms with Crippen LogP contribution in [0.2, 0.25) is 0 Å². The van der Waals surface area contributed by atoms with Gasteiger partial charge in [-0.1, -0.05) is 0 Å². The lowest BCUT2D eigenvalue weighted by Crippen LogP contribution is -2.42. The first kappa shape index (κ1) is 21.2. The van der Waals surface area contributed by atoms with E-state index < -0.39 is 6.04 Å². The molecule has 1 aliphatic rings. The van der Waals surface area contributed by atoms with E-state index in [0.29, 0.717) is 36.6 Å². The number of carboxylic acid groups (broad SMARTS) is 1. The maximum Gasteiger partial charge on any atom is 0.290 e. The van der Waals surface area contributed by atoms with Crippen molar-refractivity contribution in [2.45, 2.75) is 25.3 Å². The first-order valence-corrected chi connectivity index (χ1v) is 8.23. The van der Waals surface area contributed by atoms with Crippen LogP contribution in [0.4, 0.5) is 0 Å². The Bertz CT molecular complexity index is 608. The predicted octanol–water partition coefficient (Wildman–Crippen LogP) is 0.132. The molecule has 0 radical (unpaired) electrons. The van der Waals surface area contributed by atoms with E-state index in [4.69, 9.17) is 25.1 Å². The zero-order valence-corrected chi connectivity index (χ0v) is 14.7. The van der Waals surface area contributed by atoms with E-state index >= 15 is 0 Å². The van der Waals surface area contributed by atoms with Gasteiger partial charge in [-0.2, -0.15) is 0 Å². The van der Waals surface area contributed by atoms with Gasteiger partial charge in [-0.05, 0) is 31.4 Å². The highest BCUT2D eigenvalue weighted by Crippen LogP contribution is 2.25. The highest BCUT2D eigenvalue weighted by Gasteiger charge is 2.16. The van der Waals surface area contributed by atoms with Crippen LogP contribution in [0, 0.1) is 0 Å². The van der Waals surface area contributed by atoms with Crippen molar-refractivity contribution in [3.8, 4) is 11.5 Å². The standard InChI is InChI=1S/C16H23N3O4.CH2O2/c1-22-11-5-6-12-14(10-11)23-9-8-19-16(21)13(17)4-2-3-7-18-15(12)20;2-1-3/h5-6,10,13H,2-4,7-9,17H2,1H3,(H,18,20)(H,19,21);1H,(H,2,3)/t13-;/m0./s1. The first-order chi connectivity index (χ1) is 12.5. The van der Waals surface area contributed by atoms with Crippen molar-refractivity contribution in [3.05, 3.63) is 23.8 Å². The Morgan fingerprint density at radius 1 is 1.27 bits per heavy atom. The molecule has 9 heteroatoms. The number of carbonyl (C=O) groups is 3. The quantitative estimate of drug-likeness (QED) is 0.517. The average Bonchev–Trinajstić information content (AvgIpc) is 2.64. The van der Waals surface area contributed by atoms with Gasteiger partial charge in [0.15, 0.2) is 0 Å². The summed E-state index contributed by atoms with van der Waals surface area (Å²) in [4.78, 5) is 32.4. The third kappa shape index (κ3) is 6.98. The SMILES string of the molecule is COc1ccc2c(c1)OCCNC(=O)[C@@H](N)CCCCNC2=O.O=CO. The van der Waals surface area contributed by atoms with E-state index in [-0.39, 0.29) is 24.9 Å². The number of hydrogen-bond donors (Lipinski definition) is 4. The van der Waals surface area contributed by atoms with Crippen LogP contribution in [0.1, 0.15) is 29.6 Å². The molecule has 5 N–H and O–H groups in total. The Hall–Kier alpha value is -2.81. The number of nitrogens with one attached hydrogen (secondary N) is 2. The molecule has 144 valence electrons. The average molecular weight is 367 g/mol. The minimum atomic E-state index is -0.527. The zero-order valence-electron chi connectivity index (χ0n) is 14.7. The van der Waals surface area contributed by atoms with E-state index in [2.05, 4.69) is 10.6 Å². The molecule has 1 aromatic carbocycles. The molecule has 1 aromatic rings. The fourth-order valence-corrected chi connectivity index (χ4v) is 2.32. The Labute approximate surface area is 151 Å². The second kappa shape index (κ2) is 11.7. The zero-order chi connectivity index (χ0) is 19.4. The predicted molar refractivity (Wildman–Crippen MR) is 94.4 cm³/mol. The highest BCUT2D eigenvalue weighted by atomic mass is 16.5. The van der Waals surface area contributed by atoms with Crippen molar-refractivity contribution >= 4 is 18.3 Å². The lowest BCUT2D eigenvalue weighted by molar-refractivity contribution is -0.123. The van der Waals surface area contributed by atoms with Crippen molar-refractivity contribution in [3.63, 3.8) is 0 Å². The normalized spacial score (nSPS) is 18.5. The van der Waals surface area contributed by atoms with Crippen molar-refractivity contribution < 1.29 is 29.0 Å². The number of fused-ring (bicyclic) bond motifs is 1. The van der Waals surface area contributed by atoms with Gasteiger partial charge in [0.05, 0.1) is 25.3 Å². The number of nitrogens with two attached hydrogens (primary N) is 1. The van der Waals surface area contributed by atoms with Crippen LogP contribution in [0.3, 0.4) is 0 Å². The summed E-state index contributed by atoms with van der Waals surface area (Å²) < 4.78 is 10.8. The fraction of sp³-hybridized carbons (Fsp3) is 0.471. The molecule has 0 unspecified atom stereocenters. The van der Waals surface area contributed by atoms with Crippen molar-refractivity contribution in [2.75, 3.05) is 26.8 Å². The van der Waals surface area contributed by atoms with Crippen LogP contribution in [-0.2, 0) is 9.59 Å². The van der Waals surface area contributed by atoms with E-state index in [1.165, 1.54) is 0 Å². The van der Waals surface area contributed by atoms with E-state index in [1.807, 2.05) is 0 Å². The second-order valence-corrected chi connectivity index (χ2v) is 5.47. The molecule has 0 aliphatic carbocycles. The van der Waals surface area contributed by atoms with Crippen LogP contribution in [0.25, 0.3) is 0 Å². The molecule has 0 saturated heterocycles. The van der Waals surface area contributed by atoms with Crippen LogP contribution in [0.5, 0.6) is 11.5 Å². The summed E-state index contributed by atoms with van der Waals surface area (Å²) in [6, 6.07) is 4.52. The van der Waals surface area contributed by atoms with Gasteiger partial charge >= 0.3 is 0 Å². The topological polar surface area (TPSA) is 140 Å². The summed E-state index contributed by atoms with van der Waals surface area (Å²) in [6.07, 6.45) is 2.14. The number of benzene rings is 1. The van der Waals surface area contributed by atoms with Gasteiger partial charge in [-0.25, -0.2) is 0 Å². The van der Waals surface area contributed by atoms with Gasteiger partial charge in [-0.3, -0.25) is 14.4 Å². The molecule has 1 atom stereocenters. The molecule has 9 nitrogen and oxygen atoms in total. The maximum absolute atomic E-state index is 12.3. The van der Waals surface area contributed by atoms with Crippen molar-refractivity contribution in [2.24, 2.45) is 5.73 Å². The Balaban J connectivity index is 0.00000105. The van der Waals surface area contributed by atoms with E-state index in [9.17, 15) is 9.59 Å². The number of methoxy groups -OCH3 is 1. The molecule has 2 rings (SSSR count). The third-order valence-corrected chi connectivity index (χ3v) is 3.66. The number of ether oxygens (including phenoxy) is 2.